The van der Waals surface area contributed by atoms with E-state index in [1.165, 1.54) is 0 Å². The van der Waals surface area contributed by atoms with Crippen molar-refractivity contribution in [3.63, 3.8) is 0 Å². The van der Waals surface area contributed by atoms with E-state index in [-0.39, 0.29) is 0 Å². The van der Waals surface area contributed by atoms with Gasteiger partial charge in [-0.05, 0) is 0 Å². The van der Waals surface area contributed by atoms with Crippen LogP contribution in [0.4, 0.5) is 0 Å². The van der Waals surface area contributed by atoms with Crippen LogP contribution in [0.25, 0.3) is 0 Å². The van der Waals surface area contributed by atoms with E-state index >= 15 is 0 Å². The van der Waals surface area contributed by atoms with E-state index in [1.54, 1.807) is 0 Å². The van der Waals surface area contributed by atoms with Gasteiger partial charge in [-0.15, -0.1) is 0 Å². The fourth-order valence-electron chi connectivity index (χ4n) is 1.53. The van der Waals surface area contributed by atoms with Crippen LogP contribution >= 0.6 is 30.5 Å². The molecule has 1 unspecified atom stereocenters. The fraction of sp³-hybridized carbons (Fsp3) is 1.00. The Morgan fingerprint density at radius 2 is 1.60 bits per heavy atom. The summed E-state index contributed by atoms with van der Waals surface area (Å²) < 4.78 is 3.72. The van der Waals surface area contributed by atoms with Gasteiger partial charge in [0.05, 0.1) is 0 Å². The first-order valence-electron chi connectivity index (χ1n) is 5.25. The van der Waals surface area contributed by atoms with E-state index in [0.29, 0.717) is 10.5 Å². The van der Waals surface area contributed by atoms with Crippen molar-refractivity contribution in [3.8, 4) is 0 Å². The zero-order chi connectivity index (χ0) is 12.3. The maximum atomic E-state index is 6.34. The molecule has 90 valence electrons. The van der Waals surface area contributed by atoms with Gasteiger partial charge in [0.1, 0.15) is 0 Å². The van der Waals surface area contributed by atoms with Crippen molar-refractivity contribution >= 4 is 44.4 Å². The van der Waals surface area contributed by atoms with Crippen molar-refractivity contribution in [2.24, 2.45) is 0 Å². The number of hydrogen-bond donors (Lipinski definition) is 1. The molecule has 0 amide bonds. The summed E-state index contributed by atoms with van der Waals surface area (Å²) in [5, 5.41) is 1.27. The van der Waals surface area contributed by atoms with Gasteiger partial charge in [0.25, 0.3) is 0 Å². The summed E-state index contributed by atoms with van der Waals surface area (Å²) in [4.78, 5) is 0. The van der Waals surface area contributed by atoms with Gasteiger partial charge in [0.2, 0.25) is 0 Å². The Hall–Kier alpha value is 1.29. The molecular weight excluding hydrogens is 257 g/mol. The second kappa shape index (κ2) is 6.29. The molecule has 0 aliphatic heterocycles. The average molecular weight is 281 g/mol. The molecule has 0 fully saturated rings. The van der Waals surface area contributed by atoms with Gasteiger partial charge >= 0.3 is 106 Å². The van der Waals surface area contributed by atoms with Crippen LogP contribution in [0.5, 0.6) is 0 Å². The summed E-state index contributed by atoms with van der Waals surface area (Å²) in [6, 6.07) is 0. The monoisotopic (exact) mass is 281 g/mol. The van der Waals surface area contributed by atoms with Crippen LogP contribution in [0.2, 0.25) is 13.1 Å². The van der Waals surface area contributed by atoms with E-state index in [2.05, 4.69) is 62.6 Å². The van der Waals surface area contributed by atoms with Gasteiger partial charge in [-0.1, -0.05) is 0 Å². The van der Waals surface area contributed by atoms with Crippen molar-refractivity contribution < 1.29 is 0 Å². The molecule has 0 aliphatic carbocycles. The van der Waals surface area contributed by atoms with Crippen LogP contribution in [-0.4, -0.2) is 30.7 Å². The first kappa shape index (κ1) is 16.3. The molecule has 1 nitrogen and oxygen atoms in total. The third-order valence-electron chi connectivity index (χ3n) is 1.37. The quantitative estimate of drug-likeness (QED) is 0.620. The Balaban J connectivity index is 4.39. The normalized spacial score (nSPS) is 17.3. The average Bonchev–Trinajstić information content (AvgIpc) is 1.73. The van der Waals surface area contributed by atoms with Gasteiger partial charge in [-0.3, -0.25) is 0 Å². The van der Waals surface area contributed by atoms with E-state index in [1.807, 2.05) is 10.8 Å². The molecule has 0 radical (unpaired) electrons. The second-order valence-corrected chi connectivity index (χ2v) is 19.2. The molecule has 0 aromatic heterocycles. The van der Waals surface area contributed by atoms with Crippen molar-refractivity contribution in [1.82, 2.24) is 4.39 Å². The Kier molecular flexibility index (Phi) is 6.83. The molecule has 0 aromatic rings. The molecule has 1 N–H and O–H groups in total. The molecule has 0 bridgehead atoms. The fourth-order valence-corrected chi connectivity index (χ4v) is 18.5. The van der Waals surface area contributed by atoms with Crippen molar-refractivity contribution in [2.45, 2.75) is 51.3 Å². The summed E-state index contributed by atoms with van der Waals surface area (Å²) in [7, 11) is -0.705. The summed E-state index contributed by atoms with van der Waals surface area (Å²) in [6.07, 6.45) is 2.16. The van der Waals surface area contributed by atoms with Crippen LogP contribution in [0, 0.1) is 0 Å². The third kappa shape index (κ3) is 9.04. The van der Waals surface area contributed by atoms with E-state index < -0.39 is 15.9 Å². The van der Waals surface area contributed by atoms with E-state index in [4.69, 9.17) is 6.53 Å². The predicted octanol–water partition coefficient (Wildman–Crippen LogP) is 3.91. The summed E-state index contributed by atoms with van der Waals surface area (Å²) in [6.45, 7) is 19.9. The summed E-state index contributed by atoms with van der Waals surface area (Å²) >= 11 is 2.07. The van der Waals surface area contributed by atoms with Crippen molar-refractivity contribution in [1.29, 1.82) is 0 Å². The Morgan fingerprint density at radius 3 is 1.93 bits per heavy atom. The van der Waals surface area contributed by atoms with Crippen LogP contribution in [0.15, 0.2) is 0 Å². The first-order valence-corrected chi connectivity index (χ1v) is 13.4. The maximum absolute atomic E-state index is 6.34. The summed E-state index contributed by atoms with van der Waals surface area (Å²) in [5.74, 6) is 0. The molecule has 0 rings (SSSR count). The molecule has 0 aromatic carbocycles. The minimum absolute atomic E-state index is 0.594. The molecule has 0 aliphatic rings. The zero-order valence-corrected chi connectivity index (χ0v) is 14.4. The Morgan fingerprint density at radius 1 is 1.13 bits per heavy atom. The zero-order valence-electron chi connectivity index (χ0n) is 11.0. The number of hydrogen-bond acceptors (Lipinski definition) is 3. The summed E-state index contributed by atoms with van der Waals surface area (Å²) in [5.41, 5.74) is 0. The molecule has 0 saturated carbocycles. The van der Waals surface area contributed by atoms with Gasteiger partial charge < -0.3 is 0 Å². The van der Waals surface area contributed by atoms with E-state index in [0.717, 1.165) is 0 Å². The third-order valence-corrected chi connectivity index (χ3v) is 13.8. The number of nitrogens with one attached hydrogen (secondary N) is 1. The topological polar surface area (TPSA) is 12.0 Å². The molecular formula is C9H24BNS3Si. The molecule has 0 heterocycles. The van der Waals surface area contributed by atoms with Crippen molar-refractivity contribution in [3.05, 3.63) is 0 Å². The van der Waals surface area contributed by atoms with E-state index in [9.17, 15) is 0 Å². The van der Waals surface area contributed by atoms with Gasteiger partial charge in [0, 0.05) is 0 Å². The number of rotatable bonds is 4. The standard InChI is InChI=1S/C9H24BNS3Si/c1-8(2)12-14(5,10)11-15(6,7)13-9(3)4/h8-9,11H,1-7H3. The molecule has 0 saturated heterocycles. The van der Waals surface area contributed by atoms with Gasteiger partial charge in [0.15, 0.2) is 0 Å². The van der Waals surface area contributed by atoms with Gasteiger partial charge in [-0.25, -0.2) is 0 Å². The first-order chi connectivity index (χ1) is 6.54. The molecule has 15 heavy (non-hydrogen) atoms. The molecule has 1 atom stereocenters. The van der Waals surface area contributed by atoms with Gasteiger partial charge in [-0.2, -0.15) is 0 Å². The SMILES string of the molecule is B#S(C)(N[Si](C)(C)SC(C)C)SC(C)C. The molecule has 6 heteroatoms. The Bertz CT molecular complexity index is 293. The Labute approximate surface area is 106 Å². The van der Waals surface area contributed by atoms with Crippen LogP contribution < -0.4 is 4.39 Å². The van der Waals surface area contributed by atoms with Crippen LogP contribution in [0.1, 0.15) is 27.7 Å². The minimum atomic E-state index is -1.41. The second-order valence-electron chi connectivity index (χ2n) is 4.83. The van der Waals surface area contributed by atoms with Crippen LogP contribution in [-0.2, 0) is 0 Å². The van der Waals surface area contributed by atoms with Crippen LogP contribution in [0.3, 0.4) is 0 Å². The molecule has 0 spiro atoms. The predicted molar refractivity (Wildman–Crippen MR) is 85.3 cm³/mol. The van der Waals surface area contributed by atoms with Crippen molar-refractivity contribution in [2.75, 3.05) is 6.26 Å².